The van der Waals surface area contributed by atoms with E-state index in [4.69, 9.17) is 4.74 Å². The minimum atomic E-state index is -0.362. The Morgan fingerprint density at radius 1 is 1.32 bits per heavy atom. The van der Waals surface area contributed by atoms with Gasteiger partial charge in [0.25, 0.3) is 0 Å². The Balaban J connectivity index is 1.68. The van der Waals surface area contributed by atoms with E-state index in [1.54, 1.807) is 24.4 Å². The molecular weight excluding hydrogens is 318 g/mol. The van der Waals surface area contributed by atoms with E-state index in [9.17, 15) is 9.59 Å². The van der Waals surface area contributed by atoms with Crippen molar-refractivity contribution in [1.82, 2.24) is 10.3 Å². The number of anilines is 1. The molecule has 0 radical (unpaired) electrons. The molecule has 1 aliphatic rings. The Morgan fingerprint density at radius 2 is 2.08 bits per heavy atom. The van der Waals surface area contributed by atoms with Gasteiger partial charge in [0, 0.05) is 31.9 Å². The number of pyridine rings is 1. The van der Waals surface area contributed by atoms with Crippen molar-refractivity contribution < 1.29 is 14.3 Å². The van der Waals surface area contributed by atoms with Crippen LogP contribution in [0.2, 0.25) is 0 Å². The number of aromatic nitrogens is 1. The molecule has 6 heteroatoms. The largest absolute Gasteiger partial charge is 0.495 e. The summed E-state index contributed by atoms with van der Waals surface area (Å²) >= 11 is 0. The van der Waals surface area contributed by atoms with Gasteiger partial charge in [-0.15, -0.1) is 0 Å². The number of carbonyl (C=O) groups is 2. The van der Waals surface area contributed by atoms with Crippen molar-refractivity contribution in [2.75, 3.05) is 18.6 Å². The van der Waals surface area contributed by atoms with Gasteiger partial charge in [-0.2, -0.15) is 0 Å². The number of ether oxygens (including phenoxy) is 1. The number of hydrogen-bond donors (Lipinski definition) is 1. The zero-order chi connectivity index (χ0) is 17.8. The summed E-state index contributed by atoms with van der Waals surface area (Å²) in [5.41, 5.74) is 2.73. The number of aryl methyl sites for hydroxylation is 1. The topological polar surface area (TPSA) is 71.5 Å². The molecule has 1 saturated heterocycles. The quantitative estimate of drug-likeness (QED) is 0.905. The Morgan fingerprint density at radius 3 is 2.80 bits per heavy atom. The van der Waals surface area contributed by atoms with Crippen LogP contribution in [-0.2, 0) is 16.1 Å². The van der Waals surface area contributed by atoms with Crippen molar-refractivity contribution in [2.45, 2.75) is 19.9 Å². The van der Waals surface area contributed by atoms with Crippen LogP contribution in [0.15, 0.2) is 42.7 Å². The Labute approximate surface area is 146 Å². The summed E-state index contributed by atoms with van der Waals surface area (Å²) < 4.78 is 5.36. The fraction of sp³-hybridized carbons (Fsp3) is 0.316. The molecule has 2 amide bonds. The lowest BCUT2D eigenvalue weighted by molar-refractivity contribution is -0.126. The van der Waals surface area contributed by atoms with E-state index in [-0.39, 0.29) is 24.2 Å². The second-order valence-corrected chi connectivity index (χ2v) is 6.15. The van der Waals surface area contributed by atoms with Crippen molar-refractivity contribution in [3.8, 4) is 5.75 Å². The molecule has 0 bridgehead atoms. The third kappa shape index (κ3) is 3.79. The van der Waals surface area contributed by atoms with E-state index >= 15 is 0 Å². The molecule has 130 valence electrons. The number of benzene rings is 1. The van der Waals surface area contributed by atoms with Crippen LogP contribution < -0.4 is 15.0 Å². The van der Waals surface area contributed by atoms with Crippen LogP contribution >= 0.6 is 0 Å². The van der Waals surface area contributed by atoms with Gasteiger partial charge in [-0.1, -0.05) is 6.07 Å². The van der Waals surface area contributed by atoms with Crippen LogP contribution in [-0.4, -0.2) is 30.5 Å². The average Bonchev–Trinajstić information content (AvgIpc) is 3.02. The van der Waals surface area contributed by atoms with Gasteiger partial charge in [0.1, 0.15) is 5.75 Å². The molecule has 6 nitrogen and oxygen atoms in total. The maximum Gasteiger partial charge on any atom is 0.227 e. The number of amides is 2. The SMILES string of the molecule is COc1ccc(C)cc1N1CC(C(=O)NCc2ccncc2)CC1=O. The van der Waals surface area contributed by atoms with Gasteiger partial charge in [0.05, 0.1) is 18.7 Å². The van der Waals surface area contributed by atoms with Crippen LogP contribution in [0.3, 0.4) is 0 Å². The van der Waals surface area contributed by atoms with Crippen molar-refractivity contribution in [3.63, 3.8) is 0 Å². The number of carbonyl (C=O) groups excluding carboxylic acids is 2. The molecular formula is C19H21N3O3. The molecule has 0 saturated carbocycles. The predicted molar refractivity (Wildman–Crippen MR) is 94.3 cm³/mol. The monoisotopic (exact) mass is 339 g/mol. The van der Waals surface area contributed by atoms with E-state index in [0.717, 1.165) is 16.8 Å². The smallest absolute Gasteiger partial charge is 0.227 e. The zero-order valence-electron chi connectivity index (χ0n) is 14.4. The number of nitrogens with zero attached hydrogens (tertiary/aromatic N) is 2. The van der Waals surface area contributed by atoms with Crippen LogP contribution in [0.1, 0.15) is 17.5 Å². The van der Waals surface area contributed by atoms with Crippen LogP contribution in [0.5, 0.6) is 5.75 Å². The third-order valence-corrected chi connectivity index (χ3v) is 4.34. The normalized spacial score (nSPS) is 16.8. The first-order valence-electron chi connectivity index (χ1n) is 8.20. The Hall–Kier alpha value is -2.89. The van der Waals surface area contributed by atoms with Gasteiger partial charge < -0.3 is 15.0 Å². The molecule has 1 fully saturated rings. The van der Waals surface area contributed by atoms with Crippen molar-refractivity contribution >= 4 is 17.5 Å². The fourth-order valence-corrected chi connectivity index (χ4v) is 2.96. The first-order valence-corrected chi connectivity index (χ1v) is 8.20. The summed E-state index contributed by atoms with van der Waals surface area (Å²) in [5, 5.41) is 2.90. The minimum absolute atomic E-state index is 0.0621. The van der Waals surface area contributed by atoms with Crippen molar-refractivity contribution in [3.05, 3.63) is 53.9 Å². The number of methoxy groups -OCH3 is 1. The van der Waals surface area contributed by atoms with E-state index in [0.29, 0.717) is 18.8 Å². The van der Waals surface area contributed by atoms with E-state index in [1.807, 2.05) is 37.3 Å². The highest BCUT2D eigenvalue weighted by Gasteiger charge is 2.36. The molecule has 1 aliphatic heterocycles. The van der Waals surface area contributed by atoms with Gasteiger partial charge in [-0.05, 0) is 42.3 Å². The number of nitrogens with one attached hydrogen (secondary N) is 1. The molecule has 1 unspecified atom stereocenters. The third-order valence-electron chi connectivity index (χ3n) is 4.34. The number of hydrogen-bond acceptors (Lipinski definition) is 4. The lowest BCUT2D eigenvalue weighted by atomic mass is 10.1. The minimum Gasteiger partial charge on any atom is -0.495 e. The van der Waals surface area contributed by atoms with E-state index < -0.39 is 0 Å². The number of rotatable bonds is 5. The van der Waals surface area contributed by atoms with Crippen LogP contribution in [0, 0.1) is 12.8 Å². The summed E-state index contributed by atoms with van der Waals surface area (Å²) in [7, 11) is 1.58. The van der Waals surface area contributed by atoms with Gasteiger partial charge in [-0.3, -0.25) is 14.6 Å². The molecule has 1 aromatic heterocycles. The van der Waals surface area contributed by atoms with Gasteiger partial charge in [0.2, 0.25) is 11.8 Å². The molecule has 0 spiro atoms. The fourth-order valence-electron chi connectivity index (χ4n) is 2.96. The van der Waals surface area contributed by atoms with Gasteiger partial charge >= 0.3 is 0 Å². The summed E-state index contributed by atoms with van der Waals surface area (Å²) in [4.78, 5) is 30.4. The lowest BCUT2D eigenvalue weighted by Crippen LogP contribution is -2.32. The summed E-state index contributed by atoms with van der Waals surface area (Å²) in [5.74, 6) is 0.101. The molecule has 2 aromatic rings. The summed E-state index contributed by atoms with van der Waals surface area (Å²) in [6.45, 7) is 2.75. The molecule has 25 heavy (non-hydrogen) atoms. The maximum atomic E-state index is 12.4. The molecule has 0 aliphatic carbocycles. The predicted octanol–water partition coefficient (Wildman–Crippen LogP) is 2.07. The van der Waals surface area contributed by atoms with Crippen molar-refractivity contribution in [2.24, 2.45) is 5.92 Å². The van der Waals surface area contributed by atoms with E-state index in [1.165, 1.54) is 0 Å². The molecule has 1 N–H and O–H groups in total. The van der Waals surface area contributed by atoms with Gasteiger partial charge in [0.15, 0.2) is 0 Å². The lowest BCUT2D eigenvalue weighted by Gasteiger charge is -2.20. The maximum absolute atomic E-state index is 12.4. The highest BCUT2D eigenvalue weighted by atomic mass is 16.5. The zero-order valence-corrected chi connectivity index (χ0v) is 14.4. The van der Waals surface area contributed by atoms with Crippen LogP contribution in [0.25, 0.3) is 0 Å². The van der Waals surface area contributed by atoms with Crippen LogP contribution in [0.4, 0.5) is 5.69 Å². The molecule has 3 rings (SSSR count). The molecule has 2 heterocycles. The molecule has 1 atom stereocenters. The standard InChI is InChI=1S/C19H21N3O3/c1-13-3-4-17(25-2)16(9-13)22-12-15(10-18(22)23)19(24)21-11-14-5-7-20-8-6-14/h3-9,15H,10-12H2,1-2H3,(H,21,24). The summed E-state index contributed by atoms with van der Waals surface area (Å²) in [6, 6.07) is 9.39. The first-order chi connectivity index (χ1) is 12.1. The first kappa shape index (κ1) is 17.0. The van der Waals surface area contributed by atoms with E-state index in [2.05, 4.69) is 10.3 Å². The second-order valence-electron chi connectivity index (χ2n) is 6.15. The summed E-state index contributed by atoms with van der Waals surface area (Å²) in [6.07, 6.45) is 3.58. The Bertz CT molecular complexity index is 777. The van der Waals surface area contributed by atoms with Gasteiger partial charge in [-0.25, -0.2) is 0 Å². The highest BCUT2D eigenvalue weighted by Crippen LogP contribution is 2.33. The average molecular weight is 339 g/mol. The second kappa shape index (κ2) is 7.34. The molecule has 1 aromatic carbocycles. The Kier molecular flexibility index (Phi) is 4.97. The highest BCUT2D eigenvalue weighted by molar-refractivity contribution is 6.01. The van der Waals surface area contributed by atoms with Crippen molar-refractivity contribution in [1.29, 1.82) is 0 Å².